The fraction of sp³-hybridized carbons (Fsp3) is 0. The van der Waals surface area contributed by atoms with E-state index in [4.69, 9.17) is 23.3 Å². The summed E-state index contributed by atoms with van der Waals surface area (Å²) >= 11 is 0. The quantitative estimate of drug-likeness (QED) is 0.388. The number of rotatable bonds is 4. The highest BCUT2D eigenvalue weighted by Crippen LogP contribution is 2.18. The van der Waals surface area contributed by atoms with Crippen LogP contribution in [0.2, 0.25) is 0 Å². The molecule has 2 aromatic rings. The van der Waals surface area contributed by atoms with E-state index in [1.165, 1.54) is 24.3 Å². The van der Waals surface area contributed by atoms with Gasteiger partial charge in [-0.25, -0.2) is 9.59 Å². The van der Waals surface area contributed by atoms with E-state index in [-0.39, 0.29) is 5.56 Å². The van der Waals surface area contributed by atoms with Gasteiger partial charge in [0.2, 0.25) is 0 Å². The molecule has 0 amide bonds. The molecule has 6 nitrogen and oxygen atoms in total. The minimum absolute atomic E-state index is 0.261. The van der Waals surface area contributed by atoms with E-state index in [1.54, 1.807) is 30.3 Å². The summed E-state index contributed by atoms with van der Waals surface area (Å²) in [5, 5.41) is 0. The molecule has 6 heteroatoms. The molecule has 0 fully saturated rings. The number of carbonyl (C=O) groups excluding carboxylic acids is 2. The third-order valence-corrected chi connectivity index (χ3v) is 2.83. The van der Waals surface area contributed by atoms with Crippen LogP contribution in [-0.4, -0.2) is 11.9 Å². The van der Waals surface area contributed by atoms with Crippen LogP contribution in [0, 0.1) is 7.11 Å². The van der Waals surface area contributed by atoms with E-state index < -0.39 is 11.9 Å². The molecule has 23 heavy (non-hydrogen) atoms. The number of esters is 2. The molecule has 0 aliphatic heterocycles. The Kier molecular flexibility index (Phi) is 4.99. The molecule has 116 valence electrons. The molecule has 2 rings (SSSR count). The first-order valence-electron chi connectivity index (χ1n) is 6.55. The van der Waals surface area contributed by atoms with Gasteiger partial charge in [-0.1, -0.05) is 12.1 Å². The smallest absolute Gasteiger partial charge is 0.343 e. The molecule has 2 aromatic carbocycles. The number of carbonyl (C=O) groups is 2. The lowest BCUT2D eigenvalue weighted by Gasteiger charge is -2.06. The van der Waals surface area contributed by atoms with Gasteiger partial charge in [-0.05, 0) is 42.0 Å². The van der Waals surface area contributed by atoms with Crippen LogP contribution >= 0.6 is 0 Å². The molecular weight excluding hydrogens is 296 g/mol. The lowest BCUT2D eigenvalue weighted by atomic mass is 10.1. The molecule has 0 bridgehead atoms. The lowest BCUT2D eigenvalue weighted by Crippen LogP contribution is -2.09. The van der Waals surface area contributed by atoms with Gasteiger partial charge in [0.15, 0.2) is 7.11 Å². The normalized spacial score (nSPS) is 10.5. The number of anilines is 2. The van der Waals surface area contributed by atoms with Crippen molar-refractivity contribution in [2.45, 2.75) is 0 Å². The summed E-state index contributed by atoms with van der Waals surface area (Å²) in [5.41, 5.74) is 13.0. The Labute approximate surface area is 133 Å². The number of hydrogen-bond donors (Lipinski definition) is 2. The van der Waals surface area contributed by atoms with Gasteiger partial charge in [0.05, 0.1) is 5.56 Å². The summed E-state index contributed by atoms with van der Waals surface area (Å²) in [6.45, 7) is 0. The van der Waals surface area contributed by atoms with Crippen molar-refractivity contribution >= 4 is 29.4 Å². The summed E-state index contributed by atoms with van der Waals surface area (Å²) in [7, 11) is 4.72. The summed E-state index contributed by atoms with van der Waals surface area (Å²) in [6, 6.07) is 11.0. The Morgan fingerprint density at radius 2 is 1.61 bits per heavy atom. The number of benzene rings is 2. The van der Waals surface area contributed by atoms with Gasteiger partial charge in [-0.15, -0.1) is 0 Å². The molecule has 0 aliphatic rings. The molecule has 0 saturated carbocycles. The predicted octanol–water partition coefficient (Wildman–Crippen LogP) is 2.30. The highest BCUT2D eigenvalue weighted by Gasteiger charge is 2.10. The van der Waals surface area contributed by atoms with Gasteiger partial charge < -0.3 is 20.9 Å². The first kappa shape index (κ1) is 16.1. The fourth-order valence-electron chi connectivity index (χ4n) is 1.81. The largest absolute Gasteiger partial charge is 0.451 e. The second-order valence-electron chi connectivity index (χ2n) is 4.62. The minimum Gasteiger partial charge on any atom is -0.451 e. The highest BCUT2D eigenvalue weighted by atomic mass is 16.5. The summed E-state index contributed by atoms with van der Waals surface area (Å²) in [4.78, 5) is 22.9. The third kappa shape index (κ3) is 4.60. The lowest BCUT2D eigenvalue weighted by molar-refractivity contribution is -0.132. The monoisotopic (exact) mass is 310 g/mol. The average molecular weight is 310 g/mol. The summed E-state index contributed by atoms with van der Waals surface area (Å²) in [5.74, 6) is -0.895. The zero-order chi connectivity index (χ0) is 16.8. The van der Waals surface area contributed by atoms with Crippen molar-refractivity contribution in [3.63, 3.8) is 0 Å². The Bertz CT molecular complexity index is 731. The molecule has 0 unspecified atom stereocenters. The van der Waals surface area contributed by atoms with Gasteiger partial charge in [0, 0.05) is 17.5 Å². The van der Waals surface area contributed by atoms with Crippen LogP contribution < -0.4 is 16.2 Å². The Morgan fingerprint density at radius 3 is 2.17 bits per heavy atom. The molecule has 0 atom stereocenters. The number of hydrogen-bond acceptors (Lipinski definition) is 6. The topological polar surface area (TPSA) is 105 Å². The van der Waals surface area contributed by atoms with E-state index in [0.29, 0.717) is 22.7 Å². The minimum atomic E-state index is -0.667. The van der Waals surface area contributed by atoms with Crippen LogP contribution in [-0.2, 0) is 9.53 Å². The maximum atomic E-state index is 12.0. The fourth-order valence-corrected chi connectivity index (χ4v) is 1.81. The first-order chi connectivity index (χ1) is 11.0. The van der Waals surface area contributed by atoms with E-state index >= 15 is 0 Å². The molecule has 4 N–H and O–H groups in total. The Hall–Kier alpha value is -3.28. The molecule has 0 heterocycles. The van der Waals surface area contributed by atoms with E-state index in [2.05, 4.69) is 4.74 Å². The second kappa shape index (κ2) is 7.13. The molecular formula is C17H14N2O4. The first-order valence-corrected chi connectivity index (χ1v) is 6.55. The summed E-state index contributed by atoms with van der Waals surface area (Å²) < 4.78 is 9.23. The van der Waals surface area contributed by atoms with Gasteiger partial charge in [-0.2, -0.15) is 0 Å². The van der Waals surface area contributed by atoms with Crippen molar-refractivity contribution in [1.29, 1.82) is 0 Å². The van der Waals surface area contributed by atoms with Crippen LogP contribution in [0.15, 0.2) is 48.5 Å². The highest BCUT2D eigenvalue weighted by molar-refractivity contribution is 5.93. The third-order valence-electron chi connectivity index (χ3n) is 2.83. The zero-order valence-corrected chi connectivity index (χ0v) is 12.1. The van der Waals surface area contributed by atoms with Gasteiger partial charge >= 0.3 is 11.9 Å². The van der Waals surface area contributed by atoms with Crippen LogP contribution in [0.4, 0.5) is 11.4 Å². The number of ether oxygens (including phenoxy) is 2. The SMILES string of the molecule is [CH]OC(=O)/C=C/c1ccc(OC(=O)c2cc(N)cc(N)c2)cc1. The van der Waals surface area contributed by atoms with Crippen molar-refractivity contribution in [1.82, 2.24) is 0 Å². The molecule has 0 saturated heterocycles. The molecule has 0 spiro atoms. The predicted molar refractivity (Wildman–Crippen MR) is 86.1 cm³/mol. The molecule has 0 aromatic heterocycles. The number of nitrogen functional groups attached to an aromatic ring is 2. The van der Waals surface area contributed by atoms with Crippen LogP contribution in [0.25, 0.3) is 6.08 Å². The number of nitrogens with two attached hydrogens (primary N) is 2. The van der Waals surface area contributed by atoms with Crippen molar-refractivity contribution in [2.24, 2.45) is 0 Å². The van der Waals surface area contributed by atoms with Crippen molar-refractivity contribution in [3.8, 4) is 5.75 Å². The maximum Gasteiger partial charge on any atom is 0.343 e. The Balaban J connectivity index is 2.07. The summed E-state index contributed by atoms with van der Waals surface area (Å²) in [6.07, 6.45) is 2.69. The average Bonchev–Trinajstić information content (AvgIpc) is 2.53. The van der Waals surface area contributed by atoms with Crippen LogP contribution in [0.3, 0.4) is 0 Å². The second-order valence-corrected chi connectivity index (χ2v) is 4.62. The van der Waals surface area contributed by atoms with Gasteiger partial charge in [-0.3, -0.25) is 0 Å². The van der Waals surface area contributed by atoms with Crippen molar-refractivity contribution in [2.75, 3.05) is 11.5 Å². The van der Waals surface area contributed by atoms with Crippen molar-refractivity contribution < 1.29 is 19.1 Å². The zero-order valence-electron chi connectivity index (χ0n) is 12.1. The maximum absolute atomic E-state index is 12.0. The van der Waals surface area contributed by atoms with E-state index in [1.807, 2.05) is 0 Å². The van der Waals surface area contributed by atoms with Crippen LogP contribution in [0.1, 0.15) is 15.9 Å². The Morgan fingerprint density at radius 1 is 1.00 bits per heavy atom. The van der Waals surface area contributed by atoms with Gasteiger partial charge in [0.1, 0.15) is 5.75 Å². The van der Waals surface area contributed by atoms with Crippen molar-refractivity contribution in [3.05, 3.63) is 66.8 Å². The molecule has 0 aliphatic carbocycles. The standard InChI is InChI=1S/C17H14N2O4/c1-22-16(20)7-4-11-2-5-15(6-3-11)23-17(21)12-8-13(18)10-14(19)9-12/h1-10H,18-19H2/b7-4+. The van der Waals surface area contributed by atoms with E-state index in [0.717, 1.165) is 0 Å². The van der Waals surface area contributed by atoms with Crippen LogP contribution in [0.5, 0.6) is 5.75 Å². The molecule has 2 radical (unpaired) electrons. The van der Waals surface area contributed by atoms with Gasteiger partial charge in [0.25, 0.3) is 0 Å². The van der Waals surface area contributed by atoms with E-state index in [9.17, 15) is 9.59 Å².